The highest BCUT2D eigenvalue weighted by atomic mass is 16.5. The van der Waals surface area contributed by atoms with Crippen LogP contribution in [0.25, 0.3) is 0 Å². The van der Waals surface area contributed by atoms with Crippen LogP contribution in [0.3, 0.4) is 0 Å². The number of rotatable bonds is 9. The van der Waals surface area contributed by atoms with Crippen molar-refractivity contribution < 1.29 is 19.7 Å². The molecule has 0 aliphatic carbocycles. The SMILES string of the molecule is OCCOc1ccc(C(c2ccccc2)c2ccc(OCCO)cc2)cc1. The molecule has 0 bridgehead atoms. The Hall–Kier alpha value is -2.82. The highest BCUT2D eigenvalue weighted by molar-refractivity contribution is 5.45. The van der Waals surface area contributed by atoms with Gasteiger partial charge in [-0.1, -0.05) is 54.6 Å². The molecule has 0 saturated carbocycles. The molecule has 0 heterocycles. The van der Waals surface area contributed by atoms with Crippen LogP contribution in [0.15, 0.2) is 78.9 Å². The van der Waals surface area contributed by atoms with Crippen LogP contribution in [0, 0.1) is 0 Å². The maximum Gasteiger partial charge on any atom is 0.119 e. The van der Waals surface area contributed by atoms with Gasteiger partial charge in [0.05, 0.1) is 13.2 Å². The molecule has 0 aliphatic rings. The Morgan fingerprint density at radius 1 is 0.556 bits per heavy atom. The van der Waals surface area contributed by atoms with Gasteiger partial charge in [-0.25, -0.2) is 0 Å². The summed E-state index contributed by atoms with van der Waals surface area (Å²) >= 11 is 0. The number of ether oxygens (including phenoxy) is 2. The average Bonchev–Trinajstić information content (AvgIpc) is 2.73. The normalized spacial score (nSPS) is 10.8. The summed E-state index contributed by atoms with van der Waals surface area (Å²) in [4.78, 5) is 0. The van der Waals surface area contributed by atoms with E-state index in [1.54, 1.807) is 0 Å². The van der Waals surface area contributed by atoms with Crippen LogP contribution in [0.4, 0.5) is 0 Å². The van der Waals surface area contributed by atoms with Crippen molar-refractivity contribution in [3.63, 3.8) is 0 Å². The van der Waals surface area contributed by atoms with Crippen LogP contribution in [0.2, 0.25) is 0 Å². The Balaban J connectivity index is 1.90. The maximum absolute atomic E-state index is 8.90. The molecule has 27 heavy (non-hydrogen) atoms. The summed E-state index contributed by atoms with van der Waals surface area (Å²) in [5.74, 6) is 1.57. The molecule has 0 radical (unpaired) electrons. The Labute approximate surface area is 159 Å². The minimum atomic E-state index is -0.000900. The number of hydrogen-bond donors (Lipinski definition) is 2. The van der Waals surface area contributed by atoms with Gasteiger partial charge in [-0.3, -0.25) is 0 Å². The molecular formula is C23H24O4. The van der Waals surface area contributed by atoms with Gasteiger partial charge < -0.3 is 19.7 Å². The molecule has 4 heteroatoms. The zero-order valence-electron chi connectivity index (χ0n) is 15.1. The van der Waals surface area contributed by atoms with E-state index in [2.05, 4.69) is 36.4 Å². The van der Waals surface area contributed by atoms with Crippen LogP contribution in [-0.4, -0.2) is 36.6 Å². The number of hydrogen-bond acceptors (Lipinski definition) is 4. The third-order valence-corrected chi connectivity index (χ3v) is 4.28. The third-order valence-electron chi connectivity index (χ3n) is 4.28. The van der Waals surface area contributed by atoms with Crippen molar-refractivity contribution in [2.24, 2.45) is 0 Å². The van der Waals surface area contributed by atoms with E-state index in [1.165, 1.54) is 5.56 Å². The molecule has 0 spiro atoms. The summed E-state index contributed by atoms with van der Waals surface area (Å²) in [6.45, 7) is 0.575. The second-order valence-corrected chi connectivity index (χ2v) is 6.13. The minimum absolute atomic E-state index is 0.000900. The fourth-order valence-corrected chi connectivity index (χ4v) is 3.06. The maximum atomic E-state index is 8.90. The van der Waals surface area contributed by atoms with Crippen molar-refractivity contribution in [2.45, 2.75) is 5.92 Å². The molecule has 2 N–H and O–H groups in total. The Bertz CT molecular complexity index is 747. The fraction of sp³-hybridized carbons (Fsp3) is 0.217. The van der Waals surface area contributed by atoms with Gasteiger partial charge in [0.25, 0.3) is 0 Å². The first kappa shape index (κ1) is 19.0. The Morgan fingerprint density at radius 3 is 1.37 bits per heavy atom. The van der Waals surface area contributed by atoms with Gasteiger partial charge >= 0.3 is 0 Å². The molecule has 140 valence electrons. The molecular weight excluding hydrogens is 340 g/mol. The topological polar surface area (TPSA) is 58.9 Å². The van der Waals surface area contributed by atoms with Crippen LogP contribution >= 0.6 is 0 Å². The van der Waals surface area contributed by atoms with E-state index < -0.39 is 0 Å². The Kier molecular flexibility index (Phi) is 6.85. The molecule has 0 atom stereocenters. The van der Waals surface area contributed by atoms with Crippen molar-refractivity contribution in [1.82, 2.24) is 0 Å². The predicted octanol–water partition coefficient (Wildman–Crippen LogP) is 3.61. The molecule has 0 unspecified atom stereocenters. The molecule has 3 aromatic carbocycles. The van der Waals surface area contributed by atoms with E-state index >= 15 is 0 Å². The summed E-state index contributed by atoms with van der Waals surface area (Å²) in [5.41, 5.74) is 3.51. The zero-order valence-corrected chi connectivity index (χ0v) is 15.1. The van der Waals surface area contributed by atoms with Crippen molar-refractivity contribution in [3.8, 4) is 11.5 Å². The molecule has 4 nitrogen and oxygen atoms in total. The van der Waals surface area contributed by atoms with E-state index in [0.717, 1.165) is 22.6 Å². The largest absolute Gasteiger partial charge is 0.491 e. The lowest BCUT2D eigenvalue weighted by Gasteiger charge is -2.20. The van der Waals surface area contributed by atoms with E-state index in [-0.39, 0.29) is 32.3 Å². The van der Waals surface area contributed by atoms with E-state index in [1.807, 2.05) is 42.5 Å². The second kappa shape index (κ2) is 9.76. The summed E-state index contributed by atoms with van der Waals surface area (Å²) in [7, 11) is 0. The van der Waals surface area contributed by atoms with Crippen molar-refractivity contribution in [2.75, 3.05) is 26.4 Å². The van der Waals surface area contributed by atoms with Crippen LogP contribution in [0.1, 0.15) is 22.6 Å². The first-order chi connectivity index (χ1) is 13.3. The smallest absolute Gasteiger partial charge is 0.119 e. The predicted molar refractivity (Wildman–Crippen MR) is 105 cm³/mol. The minimum Gasteiger partial charge on any atom is -0.491 e. The molecule has 3 rings (SSSR count). The van der Waals surface area contributed by atoms with Gasteiger partial charge in [-0.2, -0.15) is 0 Å². The summed E-state index contributed by atoms with van der Waals surface area (Å²) in [6.07, 6.45) is 0. The highest BCUT2D eigenvalue weighted by Gasteiger charge is 2.17. The van der Waals surface area contributed by atoms with Gasteiger partial charge in [0.15, 0.2) is 0 Å². The monoisotopic (exact) mass is 364 g/mol. The molecule has 0 amide bonds. The van der Waals surface area contributed by atoms with Crippen LogP contribution < -0.4 is 9.47 Å². The van der Waals surface area contributed by atoms with Gasteiger partial charge in [0.1, 0.15) is 24.7 Å². The van der Waals surface area contributed by atoms with Gasteiger partial charge in [-0.05, 0) is 41.0 Å². The van der Waals surface area contributed by atoms with Gasteiger partial charge in [0.2, 0.25) is 0 Å². The van der Waals surface area contributed by atoms with Crippen LogP contribution in [-0.2, 0) is 0 Å². The first-order valence-electron chi connectivity index (χ1n) is 9.04. The lowest BCUT2D eigenvalue weighted by atomic mass is 9.85. The average molecular weight is 364 g/mol. The van der Waals surface area contributed by atoms with Crippen LogP contribution in [0.5, 0.6) is 11.5 Å². The van der Waals surface area contributed by atoms with Gasteiger partial charge in [-0.15, -0.1) is 0 Å². The molecule has 0 aliphatic heterocycles. The lowest BCUT2D eigenvalue weighted by molar-refractivity contribution is 0.201. The van der Waals surface area contributed by atoms with E-state index in [4.69, 9.17) is 19.7 Å². The second-order valence-electron chi connectivity index (χ2n) is 6.13. The quantitative estimate of drug-likeness (QED) is 0.570. The standard InChI is InChI=1S/C23H24O4/c24-14-16-26-21-10-6-19(7-11-21)23(18-4-2-1-3-5-18)20-8-12-22(13-9-20)27-17-15-25/h1-13,23-25H,14-17H2. The highest BCUT2D eigenvalue weighted by Crippen LogP contribution is 2.33. The Morgan fingerprint density at radius 2 is 0.963 bits per heavy atom. The molecule has 0 fully saturated rings. The van der Waals surface area contributed by atoms with Crippen molar-refractivity contribution >= 4 is 0 Å². The van der Waals surface area contributed by atoms with Gasteiger partial charge in [0, 0.05) is 5.92 Å². The molecule has 0 aromatic heterocycles. The lowest BCUT2D eigenvalue weighted by Crippen LogP contribution is -2.05. The number of aliphatic hydroxyl groups is 2. The third kappa shape index (κ3) is 5.09. The van der Waals surface area contributed by atoms with E-state index in [9.17, 15) is 0 Å². The van der Waals surface area contributed by atoms with Crippen molar-refractivity contribution in [3.05, 3.63) is 95.6 Å². The van der Waals surface area contributed by atoms with E-state index in [0.29, 0.717) is 0 Å². The first-order valence-corrected chi connectivity index (χ1v) is 9.04. The summed E-state index contributed by atoms with van der Waals surface area (Å²) in [6, 6.07) is 26.3. The molecule has 0 saturated heterocycles. The fourth-order valence-electron chi connectivity index (χ4n) is 3.06. The summed E-state index contributed by atoms with van der Waals surface area (Å²) < 4.78 is 10.9. The van der Waals surface area contributed by atoms with Crippen molar-refractivity contribution in [1.29, 1.82) is 0 Å². The molecule has 3 aromatic rings. The number of benzene rings is 3. The summed E-state index contributed by atoms with van der Waals surface area (Å²) in [5, 5.41) is 17.8. The number of aliphatic hydroxyl groups excluding tert-OH is 2. The zero-order chi connectivity index (χ0) is 18.9.